The summed E-state index contributed by atoms with van der Waals surface area (Å²) in [5.41, 5.74) is 3.98. The van der Waals surface area contributed by atoms with Crippen LogP contribution >= 0.6 is 0 Å². The molecule has 5 heteroatoms. The highest BCUT2D eigenvalue weighted by atomic mass is 28.4. The molecule has 0 aromatic heterocycles. The lowest BCUT2D eigenvalue weighted by Gasteiger charge is -2.36. The lowest BCUT2D eigenvalue weighted by molar-refractivity contribution is 0.0523. The molecule has 0 spiro atoms. The summed E-state index contributed by atoms with van der Waals surface area (Å²) in [5.74, 6) is 0. The Hall–Kier alpha value is -2.11. The van der Waals surface area contributed by atoms with Crippen molar-refractivity contribution in [3.05, 3.63) is 59.7 Å². The van der Waals surface area contributed by atoms with Crippen molar-refractivity contribution in [3.63, 3.8) is 0 Å². The highest BCUT2D eigenvalue weighted by molar-refractivity contribution is 6.74. The number of hydrogen-bond acceptors (Lipinski definition) is 3. The van der Waals surface area contributed by atoms with Gasteiger partial charge in [-0.2, -0.15) is 0 Å². The second kappa shape index (κ2) is 9.35. The Morgan fingerprint density at radius 1 is 0.900 bits per heavy atom. The molecule has 0 atom stereocenters. The molecule has 0 aliphatic carbocycles. The third-order valence-electron chi connectivity index (χ3n) is 5.46. The molecule has 4 nitrogen and oxygen atoms in total. The molecule has 0 fully saturated rings. The predicted molar refractivity (Wildman–Crippen MR) is 127 cm³/mol. The van der Waals surface area contributed by atoms with Gasteiger partial charge >= 0.3 is 6.09 Å². The van der Waals surface area contributed by atoms with Gasteiger partial charge in [0.25, 0.3) is 0 Å². The molecule has 164 valence electrons. The topological polar surface area (TPSA) is 47.6 Å². The van der Waals surface area contributed by atoms with E-state index in [0.29, 0.717) is 13.2 Å². The Kier molecular flexibility index (Phi) is 7.53. The Labute approximate surface area is 183 Å². The molecule has 0 bridgehead atoms. The fourth-order valence-electron chi connectivity index (χ4n) is 2.62. The van der Waals surface area contributed by atoms with Crippen molar-refractivity contribution in [2.75, 3.05) is 0 Å². The largest absolute Gasteiger partial charge is 0.444 e. The maximum absolute atomic E-state index is 11.9. The van der Waals surface area contributed by atoms with Gasteiger partial charge in [-0.1, -0.05) is 63.2 Å². The molecule has 0 aliphatic rings. The number of ether oxygens (including phenoxy) is 1. The first-order valence-electron chi connectivity index (χ1n) is 10.6. The van der Waals surface area contributed by atoms with Crippen LogP contribution in [0.1, 0.15) is 52.7 Å². The summed E-state index contributed by atoms with van der Waals surface area (Å²) in [4.78, 5) is 11.9. The van der Waals surface area contributed by atoms with Gasteiger partial charge in [0.15, 0.2) is 8.32 Å². The number of hydrogen-bond donors (Lipinski definition) is 1. The van der Waals surface area contributed by atoms with E-state index in [0.717, 1.165) is 16.7 Å². The van der Waals surface area contributed by atoms with Gasteiger partial charge < -0.3 is 14.5 Å². The molecular weight excluding hydrogens is 390 g/mol. The number of nitrogens with one attached hydrogen (secondary N) is 1. The predicted octanol–water partition coefficient (Wildman–Crippen LogP) is 6.90. The fraction of sp³-hybridized carbons (Fsp3) is 0.480. The van der Waals surface area contributed by atoms with Crippen molar-refractivity contribution in [2.45, 2.75) is 78.4 Å². The zero-order valence-corrected chi connectivity index (χ0v) is 20.8. The maximum atomic E-state index is 11.9. The third-order valence-corrected chi connectivity index (χ3v) is 9.93. The molecule has 0 saturated carbocycles. The maximum Gasteiger partial charge on any atom is 0.407 e. The van der Waals surface area contributed by atoms with Gasteiger partial charge in [0.1, 0.15) is 5.60 Å². The average Bonchev–Trinajstić information content (AvgIpc) is 2.63. The second-order valence-electron chi connectivity index (χ2n) is 10.3. The summed E-state index contributed by atoms with van der Waals surface area (Å²) in [5, 5.41) is 3.02. The van der Waals surface area contributed by atoms with E-state index in [1.165, 1.54) is 5.56 Å². The number of carbonyl (C=O) groups excluding carboxylic acids is 1. The highest BCUT2D eigenvalue weighted by Crippen LogP contribution is 2.37. The molecule has 0 heterocycles. The van der Waals surface area contributed by atoms with Crippen LogP contribution < -0.4 is 5.32 Å². The van der Waals surface area contributed by atoms with Gasteiger partial charge in [-0.15, -0.1) is 0 Å². The van der Waals surface area contributed by atoms with E-state index in [1.54, 1.807) is 0 Å². The Balaban J connectivity index is 2.00. The summed E-state index contributed by atoms with van der Waals surface area (Å²) < 4.78 is 11.6. The van der Waals surface area contributed by atoms with E-state index in [4.69, 9.17) is 9.16 Å². The van der Waals surface area contributed by atoms with Gasteiger partial charge in [-0.25, -0.2) is 4.79 Å². The van der Waals surface area contributed by atoms with Crippen LogP contribution in [0.15, 0.2) is 48.5 Å². The van der Waals surface area contributed by atoms with Crippen LogP contribution in [0, 0.1) is 0 Å². The van der Waals surface area contributed by atoms with Gasteiger partial charge in [-0.05, 0) is 67.2 Å². The normalized spacial score (nSPS) is 12.5. The van der Waals surface area contributed by atoms with Gasteiger partial charge in [0.05, 0.1) is 6.61 Å². The standard InChI is InChI=1S/C25H37NO3Si/c1-24(2,3)29-23(27)26-17-20-10-9-11-22(16-20)21-14-12-19(13-15-21)18-28-30(7,8)25(4,5)6/h9-16H,17-18H2,1-8H3,(H,26,27). The van der Waals surface area contributed by atoms with E-state index in [1.807, 2.05) is 32.9 Å². The number of carbonyl (C=O) groups is 1. The third kappa shape index (κ3) is 7.29. The molecule has 0 saturated heterocycles. The fourth-order valence-corrected chi connectivity index (χ4v) is 3.58. The molecule has 2 rings (SSSR count). The van der Waals surface area contributed by atoms with Gasteiger partial charge in [0.2, 0.25) is 0 Å². The van der Waals surface area contributed by atoms with Crippen LogP contribution in [-0.4, -0.2) is 20.0 Å². The van der Waals surface area contributed by atoms with Crippen LogP contribution in [0.25, 0.3) is 11.1 Å². The van der Waals surface area contributed by atoms with Crippen LogP contribution in [0.4, 0.5) is 4.79 Å². The molecule has 30 heavy (non-hydrogen) atoms. The van der Waals surface area contributed by atoms with Crippen molar-refractivity contribution in [3.8, 4) is 11.1 Å². The Morgan fingerprint density at radius 3 is 2.10 bits per heavy atom. The minimum absolute atomic E-state index is 0.209. The summed E-state index contributed by atoms with van der Waals surface area (Å²) in [6.45, 7) is 18.0. The first kappa shape index (κ1) is 24.2. The SMILES string of the molecule is CC(C)(C)OC(=O)NCc1cccc(-c2ccc(CO[Si](C)(C)C(C)(C)C)cc2)c1. The Bertz CT molecular complexity index is 846. The number of rotatable bonds is 6. The number of benzene rings is 2. The molecular formula is C25H37NO3Si. The number of amides is 1. The Morgan fingerprint density at radius 2 is 1.53 bits per heavy atom. The molecule has 0 aliphatic heterocycles. The minimum atomic E-state index is -1.75. The summed E-state index contributed by atoms with van der Waals surface area (Å²) in [6, 6.07) is 16.7. The zero-order valence-electron chi connectivity index (χ0n) is 19.8. The lowest BCUT2D eigenvalue weighted by atomic mass is 10.0. The minimum Gasteiger partial charge on any atom is -0.444 e. The van der Waals surface area contributed by atoms with E-state index in [2.05, 4.69) is 75.6 Å². The van der Waals surface area contributed by atoms with Crippen molar-refractivity contribution in [2.24, 2.45) is 0 Å². The summed E-state index contributed by atoms with van der Waals surface area (Å²) >= 11 is 0. The van der Waals surface area contributed by atoms with Crippen LogP contribution in [0.5, 0.6) is 0 Å². The number of alkyl carbamates (subject to hydrolysis) is 1. The van der Waals surface area contributed by atoms with E-state index in [9.17, 15) is 4.79 Å². The monoisotopic (exact) mass is 427 g/mol. The second-order valence-corrected chi connectivity index (χ2v) is 15.1. The molecule has 2 aromatic carbocycles. The van der Waals surface area contributed by atoms with Crippen molar-refractivity contribution >= 4 is 14.4 Å². The smallest absolute Gasteiger partial charge is 0.407 e. The summed E-state index contributed by atoms with van der Waals surface area (Å²) in [7, 11) is -1.75. The van der Waals surface area contributed by atoms with Crippen LogP contribution in [-0.2, 0) is 22.3 Å². The van der Waals surface area contributed by atoms with E-state index in [-0.39, 0.29) is 5.04 Å². The van der Waals surface area contributed by atoms with Crippen molar-refractivity contribution in [1.29, 1.82) is 0 Å². The molecule has 1 amide bonds. The molecule has 0 radical (unpaired) electrons. The molecule has 2 aromatic rings. The quantitative estimate of drug-likeness (QED) is 0.510. The van der Waals surface area contributed by atoms with Gasteiger partial charge in [0, 0.05) is 6.54 Å². The zero-order chi connectivity index (χ0) is 22.6. The molecule has 0 unspecified atom stereocenters. The van der Waals surface area contributed by atoms with Crippen molar-refractivity contribution in [1.82, 2.24) is 5.32 Å². The van der Waals surface area contributed by atoms with E-state index >= 15 is 0 Å². The first-order chi connectivity index (χ1) is 13.8. The molecule has 1 N–H and O–H groups in total. The first-order valence-corrected chi connectivity index (χ1v) is 13.5. The van der Waals surface area contributed by atoms with Crippen LogP contribution in [0.3, 0.4) is 0 Å². The highest BCUT2D eigenvalue weighted by Gasteiger charge is 2.36. The van der Waals surface area contributed by atoms with E-state index < -0.39 is 20.0 Å². The van der Waals surface area contributed by atoms with Crippen molar-refractivity contribution < 1.29 is 14.0 Å². The average molecular weight is 428 g/mol. The van der Waals surface area contributed by atoms with Gasteiger partial charge in [-0.3, -0.25) is 0 Å². The van der Waals surface area contributed by atoms with Crippen LogP contribution in [0.2, 0.25) is 18.1 Å². The summed E-state index contributed by atoms with van der Waals surface area (Å²) in [6.07, 6.45) is -0.404. The lowest BCUT2D eigenvalue weighted by Crippen LogP contribution is -2.40.